The molecule has 1 unspecified atom stereocenters. The van der Waals surface area contributed by atoms with Crippen LogP contribution in [0.2, 0.25) is 0 Å². The number of rotatable bonds is 13. The van der Waals surface area contributed by atoms with E-state index in [9.17, 15) is 29.1 Å². The van der Waals surface area contributed by atoms with E-state index in [4.69, 9.17) is 4.74 Å². The second-order valence-corrected chi connectivity index (χ2v) is 13.9. The molecule has 1 aromatic carbocycles. The Labute approximate surface area is 250 Å². The van der Waals surface area contributed by atoms with E-state index in [0.29, 0.717) is 6.54 Å². The molecular weight excluding hydrogens is 568 g/mol. The van der Waals surface area contributed by atoms with Gasteiger partial charge in [-0.25, -0.2) is 9.59 Å². The normalized spacial score (nSPS) is 17.3. The average molecular weight is 611 g/mol. The number of thioether (sulfide) groups is 2. The predicted molar refractivity (Wildman–Crippen MR) is 161 cm³/mol. The lowest BCUT2D eigenvalue weighted by Gasteiger charge is -2.36. The Kier molecular flexibility index (Phi) is 12.5. The van der Waals surface area contributed by atoms with E-state index in [1.807, 2.05) is 24.3 Å². The molecule has 13 heteroatoms. The van der Waals surface area contributed by atoms with Gasteiger partial charge >= 0.3 is 12.1 Å². The van der Waals surface area contributed by atoms with Gasteiger partial charge in [0, 0.05) is 24.0 Å². The summed E-state index contributed by atoms with van der Waals surface area (Å²) < 4.78 is 4.34. The van der Waals surface area contributed by atoms with E-state index in [1.54, 1.807) is 40.9 Å². The number of alkyl carbamates (subject to hydrolysis) is 1. The van der Waals surface area contributed by atoms with Crippen LogP contribution >= 0.6 is 23.5 Å². The van der Waals surface area contributed by atoms with Crippen LogP contribution in [0.25, 0.3) is 0 Å². The van der Waals surface area contributed by atoms with Crippen LogP contribution in [-0.2, 0) is 30.3 Å². The molecule has 0 bridgehead atoms. The lowest BCUT2D eigenvalue weighted by molar-refractivity contribution is -0.146. The third kappa shape index (κ3) is 10.2. The zero-order chi connectivity index (χ0) is 31.0. The number of ether oxygens (including phenoxy) is 1. The monoisotopic (exact) mass is 610 g/mol. The number of hydrogen-bond acceptors (Lipinski definition) is 9. The van der Waals surface area contributed by atoms with E-state index in [1.165, 1.54) is 30.4 Å². The first kappa shape index (κ1) is 34.4. The summed E-state index contributed by atoms with van der Waals surface area (Å²) in [6.45, 7) is 10.3. The maximum absolute atomic E-state index is 13.9. The minimum absolute atomic E-state index is 0.144. The summed E-state index contributed by atoms with van der Waals surface area (Å²) in [6.07, 6.45) is 1.64. The molecular formula is C28H42N4O7S2. The van der Waals surface area contributed by atoms with Gasteiger partial charge in [-0.3, -0.25) is 14.4 Å². The maximum atomic E-state index is 13.9. The highest BCUT2D eigenvalue weighted by atomic mass is 32.2. The van der Waals surface area contributed by atoms with Gasteiger partial charge in [0.05, 0.1) is 17.8 Å². The van der Waals surface area contributed by atoms with Crippen molar-refractivity contribution in [3.8, 4) is 0 Å². The van der Waals surface area contributed by atoms with Crippen molar-refractivity contribution in [3.63, 3.8) is 0 Å². The van der Waals surface area contributed by atoms with Crippen LogP contribution in [-0.4, -0.2) is 81.6 Å². The maximum Gasteiger partial charge on any atom is 0.408 e. The fraction of sp³-hybridized carbons (Fsp3) is 0.607. The molecule has 0 aliphatic carbocycles. The number of nitrogens with one attached hydrogen (secondary N) is 4. The number of carbonyl (C=O) groups is 5. The van der Waals surface area contributed by atoms with Crippen molar-refractivity contribution in [2.45, 2.75) is 76.4 Å². The first-order chi connectivity index (χ1) is 19.1. The Morgan fingerprint density at radius 2 is 1.76 bits per heavy atom. The molecule has 0 spiro atoms. The minimum atomic E-state index is -1.56. The Morgan fingerprint density at radius 3 is 2.34 bits per heavy atom. The number of carbonyl (C=O) groups excluding carboxylic acids is 4. The van der Waals surface area contributed by atoms with Gasteiger partial charge in [0.25, 0.3) is 0 Å². The van der Waals surface area contributed by atoms with Crippen molar-refractivity contribution in [1.82, 2.24) is 21.3 Å². The Morgan fingerprint density at radius 1 is 1.10 bits per heavy atom. The molecule has 1 heterocycles. The summed E-state index contributed by atoms with van der Waals surface area (Å²) in [6, 6.07) is 3.99. The fourth-order valence-electron chi connectivity index (χ4n) is 4.45. The lowest BCUT2D eigenvalue weighted by atomic mass is 9.84. The molecule has 1 aliphatic heterocycles. The van der Waals surface area contributed by atoms with Crippen molar-refractivity contribution in [2.75, 3.05) is 24.4 Å². The smallest absolute Gasteiger partial charge is 0.408 e. The lowest BCUT2D eigenvalue weighted by Crippen LogP contribution is -2.61. The molecule has 0 saturated carbocycles. The Balaban J connectivity index is 2.38. The van der Waals surface area contributed by atoms with Gasteiger partial charge in [0.2, 0.25) is 11.8 Å². The van der Waals surface area contributed by atoms with Crippen LogP contribution < -0.4 is 21.3 Å². The van der Waals surface area contributed by atoms with E-state index in [0.717, 1.165) is 17.5 Å². The SMILES string of the molecule is CSC[C@H](C(=O)C1NCCc2ccccc21)[C@H](NC(=O)[C@@H](NC(=O)OC(C)(C)C)C(C)(C)SCNC(C)=O)C(=O)O. The zero-order valence-corrected chi connectivity index (χ0v) is 26.3. The molecule has 4 atom stereocenters. The summed E-state index contributed by atoms with van der Waals surface area (Å²) in [7, 11) is 0. The topological polar surface area (TPSA) is 163 Å². The number of Topliss-reactive ketones (excluding diaryl/α,β-unsaturated/α-hetero) is 1. The zero-order valence-electron chi connectivity index (χ0n) is 24.7. The quantitative estimate of drug-likeness (QED) is 0.210. The number of ketones is 1. The Hall–Kier alpha value is -2.77. The molecule has 41 heavy (non-hydrogen) atoms. The fourth-order valence-corrected chi connectivity index (χ4v) is 6.15. The summed E-state index contributed by atoms with van der Waals surface area (Å²) >= 11 is 2.49. The van der Waals surface area contributed by atoms with Gasteiger partial charge in [0.1, 0.15) is 17.7 Å². The van der Waals surface area contributed by atoms with Crippen LogP contribution in [0.15, 0.2) is 24.3 Å². The molecule has 0 fully saturated rings. The van der Waals surface area contributed by atoms with Crippen LogP contribution in [0.1, 0.15) is 58.7 Å². The summed E-state index contributed by atoms with van der Waals surface area (Å²) in [5.74, 6) is -3.53. The Bertz CT molecular complexity index is 1120. The third-order valence-electron chi connectivity index (χ3n) is 6.46. The number of hydrogen-bond donors (Lipinski definition) is 5. The third-order valence-corrected chi connectivity index (χ3v) is 8.42. The number of carboxylic acid groups (broad SMARTS) is 1. The van der Waals surface area contributed by atoms with Crippen LogP contribution in [0, 0.1) is 5.92 Å². The molecule has 1 aliphatic rings. The molecule has 0 aromatic heterocycles. The van der Waals surface area contributed by atoms with E-state index in [-0.39, 0.29) is 23.3 Å². The van der Waals surface area contributed by atoms with Crippen molar-refractivity contribution in [3.05, 3.63) is 35.4 Å². The van der Waals surface area contributed by atoms with Gasteiger partial charge < -0.3 is 31.1 Å². The van der Waals surface area contributed by atoms with Gasteiger partial charge in [-0.1, -0.05) is 24.3 Å². The predicted octanol–water partition coefficient (Wildman–Crippen LogP) is 2.49. The highest BCUT2D eigenvalue weighted by Gasteiger charge is 2.44. The second-order valence-electron chi connectivity index (χ2n) is 11.3. The van der Waals surface area contributed by atoms with Crippen molar-refractivity contribution < 1.29 is 33.8 Å². The first-order valence-electron chi connectivity index (χ1n) is 13.3. The molecule has 2 rings (SSSR count). The van der Waals surface area contributed by atoms with Crippen molar-refractivity contribution >= 4 is 53.2 Å². The number of benzene rings is 1. The molecule has 3 amide bonds. The van der Waals surface area contributed by atoms with E-state index in [2.05, 4.69) is 21.3 Å². The van der Waals surface area contributed by atoms with Crippen LogP contribution in [0.4, 0.5) is 4.79 Å². The molecule has 1 aromatic rings. The summed E-state index contributed by atoms with van der Waals surface area (Å²) in [5.41, 5.74) is 0.967. The number of fused-ring (bicyclic) bond motifs is 1. The largest absolute Gasteiger partial charge is 0.480 e. The first-order valence-corrected chi connectivity index (χ1v) is 15.7. The number of carboxylic acids is 1. The summed E-state index contributed by atoms with van der Waals surface area (Å²) in [5, 5.41) is 21.2. The molecule has 0 radical (unpaired) electrons. The van der Waals surface area contributed by atoms with Gasteiger partial charge in [-0.05, 0) is 58.4 Å². The molecule has 0 saturated heterocycles. The molecule has 5 N–H and O–H groups in total. The average Bonchev–Trinajstić information content (AvgIpc) is 2.86. The number of amides is 3. The van der Waals surface area contributed by atoms with Gasteiger partial charge in [-0.15, -0.1) is 11.8 Å². The van der Waals surface area contributed by atoms with Crippen LogP contribution in [0.3, 0.4) is 0 Å². The van der Waals surface area contributed by atoms with Crippen LogP contribution in [0.5, 0.6) is 0 Å². The summed E-state index contributed by atoms with van der Waals surface area (Å²) in [4.78, 5) is 64.3. The second kappa shape index (κ2) is 14.9. The molecule has 11 nitrogen and oxygen atoms in total. The molecule has 228 valence electrons. The van der Waals surface area contributed by atoms with E-state index >= 15 is 0 Å². The van der Waals surface area contributed by atoms with Crippen molar-refractivity contribution in [1.29, 1.82) is 0 Å². The standard InChI is InChI=1S/C28H42N4O7S2/c1-16(33)30-15-41-28(5,6)23(32-26(38)39-27(2,3)4)24(35)31-21(25(36)37)19(14-40-7)22(34)20-18-11-9-8-10-17(18)12-13-29-20/h8-11,19-21,23,29H,12-15H2,1-7H3,(H,30,33)(H,31,35)(H,32,38)(H,36,37)/t19-,20?,21-,23+/m0/s1. The van der Waals surface area contributed by atoms with Gasteiger partial charge in [0.15, 0.2) is 5.78 Å². The number of aliphatic carboxylic acids is 1. The van der Waals surface area contributed by atoms with Gasteiger partial charge in [-0.2, -0.15) is 11.8 Å². The highest BCUT2D eigenvalue weighted by Crippen LogP contribution is 2.30. The van der Waals surface area contributed by atoms with Crippen molar-refractivity contribution in [2.24, 2.45) is 5.92 Å². The highest BCUT2D eigenvalue weighted by molar-refractivity contribution is 8.00. The minimum Gasteiger partial charge on any atom is -0.480 e. The van der Waals surface area contributed by atoms with E-state index < -0.39 is 52.4 Å².